The molecular formula is C16H12BrN3O2. The third-order valence-corrected chi connectivity index (χ3v) is 3.40. The van der Waals surface area contributed by atoms with Crippen molar-refractivity contribution >= 4 is 33.4 Å². The monoisotopic (exact) mass is 357 g/mol. The summed E-state index contributed by atoms with van der Waals surface area (Å²) in [5.41, 5.74) is 1.27. The minimum absolute atomic E-state index is 0.123. The molecule has 0 aromatic heterocycles. The van der Waals surface area contributed by atoms with Crippen LogP contribution in [0.15, 0.2) is 53.0 Å². The number of nitrogens with one attached hydrogen (secondary N) is 2. The maximum absolute atomic E-state index is 11.9. The van der Waals surface area contributed by atoms with Crippen LogP contribution >= 0.6 is 15.9 Å². The number of benzene rings is 2. The summed E-state index contributed by atoms with van der Waals surface area (Å²) in [6.07, 6.45) is 0. The number of anilines is 1. The lowest BCUT2D eigenvalue weighted by Crippen LogP contribution is -2.33. The maximum Gasteiger partial charge on any atom is 0.319 e. The highest BCUT2D eigenvalue weighted by molar-refractivity contribution is 9.10. The van der Waals surface area contributed by atoms with Gasteiger partial charge >= 0.3 is 6.03 Å². The topological polar surface area (TPSA) is 82.0 Å². The molecule has 0 aliphatic heterocycles. The lowest BCUT2D eigenvalue weighted by atomic mass is 10.1. The Morgan fingerprint density at radius 3 is 2.45 bits per heavy atom. The number of hydrogen-bond donors (Lipinski definition) is 2. The van der Waals surface area contributed by atoms with Crippen LogP contribution in [0.5, 0.6) is 0 Å². The molecule has 0 spiro atoms. The predicted molar refractivity (Wildman–Crippen MR) is 86.7 cm³/mol. The highest BCUT2D eigenvalue weighted by Crippen LogP contribution is 2.13. The second-order valence-corrected chi connectivity index (χ2v) is 5.31. The fraction of sp³-hybridized carbons (Fsp3) is 0.0625. The molecule has 0 unspecified atom stereocenters. The van der Waals surface area contributed by atoms with Gasteiger partial charge in [0.15, 0.2) is 5.78 Å². The average Bonchev–Trinajstić information content (AvgIpc) is 2.54. The Bertz CT molecular complexity index is 736. The number of ketones is 1. The van der Waals surface area contributed by atoms with Gasteiger partial charge in [-0.05, 0) is 24.3 Å². The van der Waals surface area contributed by atoms with Gasteiger partial charge < -0.3 is 10.6 Å². The van der Waals surface area contributed by atoms with Gasteiger partial charge in [0.2, 0.25) is 0 Å². The number of rotatable bonds is 4. The van der Waals surface area contributed by atoms with Crippen molar-refractivity contribution in [2.45, 2.75) is 0 Å². The van der Waals surface area contributed by atoms with E-state index in [4.69, 9.17) is 5.26 Å². The van der Waals surface area contributed by atoms with E-state index in [1.54, 1.807) is 48.5 Å². The van der Waals surface area contributed by atoms with Crippen molar-refractivity contribution in [3.63, 3.8) is 0 Å². The molecule has 110 valence electrons. The standard InChI is InChI=1S/C16H12BrN3O2/c17-13-7-5-11(6-8-13)15(21)10-19-16(22)20-14-4-2-1-3-12(14)9-18/h1-8H,10H2,(H2,19,20,22). The molecule has 0 saturated carbocycles. The summed E-state index contributed by atoms with van der Waals surface area (Å²) in [6.45, 7) is -0.123. The normalized spacial score (nSPS) is 9.64. The molecule has 2 aromatic rings. The Morgan fingerprint density at radius 1 is 1.09 bits per heavy atom. The zero-order valence-corrected chi connectivity index (χ0v) is 13.1. The number of nitrogens with zero attached hydrogens (tertiary/aromatic N) is 1. The fourth-order valence-electron chi connectivity index (χ4n) is 1.75. The first-order valence-electron chi connectivity index (χ1n) is 6.43. The molecule has 22 heavy (non-hydrogen) atoms. The highest BCUT2D eigenvalue weighted by Gasteiger charge is 2.09. The van der Waals surface area contributed by atoms with Crippen LogP contribution in [0.1, 0.15) is 15.9 Å². The summed E-state index contributed by atoms with van der Waals surface area (Å²) in [6, 6.07) is 15.0. The second kappa shape index (κ2) is 7.38. The van der Waals surface area contributed by atoms with E-state index in [1.807, 2.05) is 6.07 Å². The number of hydrogen-bond acceptors (Lipinski definition) is 3. The molecule has 2 aromatic carbocycles. The van der Waals surface area contributed by atoms with E-state index in [0.717, 1.165) is 4.47 Å². The molecule has 2 N–H and O–H groups in total. The van der Waals surface area contributed by atoms with Gasteiger partial charge in [-0.3, -0.25) is 4.79 Å². The number of nitriles is 1. The zero-order chi connectivity index (χ0) is 15.9. The SMILES string of the molecule is N#Cc1ccccc1NC(=O)NCC(=O)c1ccc(Br)cc1. The molecule has 0 bridgehead atoms. The first kappa shape index (κ1) is 15.7. The molecule has 5 nitrogen and oxygen atoms in total. The number of carbonyl (C=O) groups is 2. The van der Waals surface area contributed by atoms with Crippen molar-refractivity contribution in [3.8, 4) is 6.07 Å². The number of para-hydroxylation sites is 1. The van der Waals surface area contributed by atoms with E-state index in [2.05, 4.69) is 26.6 Å². The van der Waals surface area contributed by atoms with Crippen LogP contribution in [0.25, 0.3) is 0 Å². The molecule has 2 amide bonds. The largest absolute Gasteiger partial charge is 0.330 e. The van der Waals surface area contributed by atoms with Crippen molar-refractivity contribution in [1.82, 2.24) is 5.32 Å². The van der Waals surface area contributed by atoms with E-state index >= 15 is 0 Å². The summed E-state index contributed by atoms with van der Waals surface area (Å²) in [5, 5.41) is 14.0. The second-order valence-electron chi connectivity index (χ2n) is 4.40. The quantitative estimate of drug-likeness (QED) is 0.823. The van der Waals surface area contributed by atoms with Gasteiger partial charge in [0.1, 0.15) is 6.07 Å². The lowest BCUT2D eigenvalue weighted by Gasteiger charge is -2.08. The zero-order valence-electron chi connectivity index (χ0n) is 11.5. The van der Waals surface area contributed by atoms with Gasteiger partial charge in [-0.1, -0.05) is 40.2 Å². The summed E-state index contributed by atoms with van der Waals surface area (Å²) in [5.74, 6) is -0.198. The first-order chi connectivity index (χ1) is 10.6. The van der Waals surface area contributed by atoms with Gasteiger partial charge in [0.25, 0.3) is 0 Å². The average molecular weight is 358 g/mol. The van der Waals surface area contributed by atoms with Crippen molar-refractivity contribution in [3.05, 3.63) is 64.1 Å². The van der Waals surface area contributed by atoms with E-state index < -0.39 is 6.03 Å². The molecule has 0 aliphatic carbocycles. The number of halogens is 1. The summed E-state index contributed by atoms with van der Waals surface area (Å²) < 4.78 is 0.878. The van der Waals surface area contributed by atoms with Crippen LogP contribution in [-0.4, -0.2) is 18.4 Å². The van der Waals surface area contributed by atoms with Crippen molar-refractivity contribution in [2.24, 2.45) is 0 Å². The molecule has 0 radical (unpaired) electrons. The first-order valence-corrected chi connectivity index (χ1v) is 7.22. The van der Waals surface area contributed by atoms with Gasteiger partial charge in [0, 0.05) is 10.0 Å². The van der Waals surface area contributed by atoms with E-state index in [1.165, 1.54) is 0 Å². The highest BCUT2D eigenvalue weighted by atomic mass is 79.9. The molecular weight excluding hydrogens is 346 g/mol. The number of urea groups is 1. The number of carbonyl (C=O) groups excluding carboxylic acids is 2. The Balaban J connectivity index is 1.91. The molecule has 0 aliphatic rings. The third-order valence-electron chi connectivity index (χ3n) is 2.87. The van der Waals surface area contributed by atoms with E-state index in [0.29, 0.717) is 16.8 Å². The van der Waals surface area contributed by atoms with Gasteiger partial charge in [-0.25, -0.2) is 4.79 Å². The van der Waals surface area contributed by atoms with E-state index in [-0.39, 0.29) is 12.3 Å². The maximum atomic E-state index is 11.9. The van der Waals surface area contributed by atoms with Crippen LogP contribution in [0.2, 0.25) is 0 Å². The minimum Gasteiger partial charge on any atom is -0.330 e. The van der Waals surface area contributed by atoms with Crippen LogP contribution in [0.3, 0.4) is 0 Å². The molecule has 0 atom stereocenters. The number of Topliss-reactive ketones (excluding diaryl/α,β-unsaturated/α-hetero) is 1. The summed E-state index contributed by atoms with van der Waals surface area (Å²) in [7, 11) is 0. The van der Waals surface area contributed by atoms with Gasteiger partial charge in [0.05, 0.1) is 17.8 Å². The molecule has 6 heteroatoms. The summed E-state index contributed by atoms with van der Waals surface area (Å²) in [4.78, 5) is 23.7. The molecule has 0 heterocycles. The van der Waals surface area contributed by atoms with Crippen LogP contribution in [0.4, 0.5) is 10.5 Å². The van der Waals surface area contributed by atoms with Gasteiger partial charge in [-0.15, -0.1) is 0 Å². The fourth-order valence-corrected chi connectivity index (χ4v) is 2.02. The predicted octanol–water partition coefficient (Wildman–Crippen LogP) is 3.33. The van der Waals surface area contributed by atoms with Crippen LogP contribution < -0.4 is 10.6 Å². The minimum atomic E-state index is -0.534. The smallest absolute Gasteiger partial charge is 0.319 e. The van der Waals surface area contributed by atoms with Crippen molar-refractivity contribution < 1.29 is 9.59 Å². The van der Waals surface area contributed by atoms with E-state index in [9.17, 15) is 9.59 Å². The Hall–Kier alpha value is -2.65. The summed E-state index contributed by atoms with van der Waals surface area (Å²) >= 11 is 3.29. The van der Waals surface area contributed by atoms with Crippen molar-refractivity contribution in [2.75, 3.05) is 11.9 Å². The lowest BCUT2D eigenvalue weighted by molar-refractivity contribution is 0.0993. The third kappa shape index (κ3) is 4.17. The van der Waals surface area contributed by atoms with Gasteiger partial charge in [-0.2, -0.15) is 5.26 Å². The Kier molecular flexibility index (Phi) is 5.28. The number of amides is 2. The molecule has 0 fully saturated rings. The van der Waals surface area contributed by atoms with Crippen LogP contribution in [0, 0.1) is 11.3 Å². The molecule has 0 saturated heterocycles. The Labute approximate surface area is 136 Å². The van der Waals surface area contributed by atoms with Crippen molar-refractivity contribution in [1.29, 1.82) is 5.26 Å². The van der Waals surface area contributed by atoms with Crippen LogP contribution in [-0.2, 0) is 0 Å². The molecule has 2 rings (SSSR count). The Morgan fingerprint density at radius 2 is 1.77 bits per heavy atom.